The maximum atomic E-state index is 12.7. The second-order valence-electron chi connectivity index (χ2n) is 6.34. The number of benzene rings is 1. The summed E-state index contributed by atoms with van der Waals surface area (Å²) >= 11 is 3.42. The Balaban J connectivity index is 1.69. The van der Waals surface area contributed by atoms with Gasteiger partial charge in [0.05, 0.1) is 0 Å². The van der Waals surface area contributed by atoms with Crippen LogP contribution in [0.1, 0.15) is 36.0 Å². The van der Waals surface area contributed by atoms with Crippen LogP contribution in [0, 0.1) is 5.92 Å². The summed E-state index contributed by atoms with van der Waals surface area (Å²) in [6.07, 6.45) is 5.16. The van der Waals surface area contributed by atoms with E-state index in [2.05, 4.69) is 20.8 Å². The highest BCUT2D eigenvalue weighted by Gasteiger charge is 2.37. The zero-order valence-electron chi connectivity index (χ0n) is 12.6. The van der Waals surface area contributed by atoms with E-state index in [0.29, 0.717) is 12.0 Å². The van der Waals surface area contributed by atoms with E-state index in [1.54, 1.807) is 0 Å². The number of likely N-dealkylation sites (N-methyl/N-ethyl adjacent to an activating group) is 1. The summed E-state index contributed by atoms with van der Waals surface area (Å²) in [4.78, 5) is 17.2. The Morgan fingerprint density at radius 1 is 1.29 bits per heavy atom. The monoisotopic (exact) mass is 350 g/mol. The summed E-state index contributed by atoms with van der Waals surface area (Å²) in [6.45, 7) is 3.44. The van der Waals surface area contributed by atoms with Gasteiger partial charge in [-0.3, -0.25) is 4.79 Å². The molecule has 0 bridgehead atoms. The lowest BCUT2D eigenvalue weighted by Gasteiger charge is -2.32. The topological polar surface area (TPSA) is 23.6 Å². The maximum Gasteiger partial charge on any atom is 0.253 e. The fourth-order valence-corrected chi connectivity index (χ4v) is 3.51. The largest absolute Gasteiger partial charge is 0.337 e. The lowest BCUT2D eigenvalue weighted by Crippen LogP contribution is -2.45. The third-order valence-electron chi connectivity index (χ3n) is 4.72. The molecule has 1 aliphatic carbocycles. The van der Waals surface area contributed by atoms with E-state index >= 15 is 0 Å². The molecule has 114 valence electrons. The van der Waals surface area contributed by atoms with Crippen molar-refractivity contribution in [3.8, 4) is 0 Å². The summed E-state index contributed by atoms with van der Waals surface area (Å²) < 4.78 is 1.01. The van der Waals surface area contributed by atoms with Crippen molar-refractivity contribution in [1.82, 2.24) is 9.80 Å². The molecular formula is C17H23BrN2O. The highest BCUT2D eigenvalue weighted by molar-refractivity contribution is 9.10. The van der Waals surface area contributed by atoms with Gasteiger partial charge in [-0.15, -0.1) is 0 Å². The Bertz CT molecular complexity index is 492. The summed E-state index contributed by atoms with van der Waals surface area (Å²) in [6, 6.07) is 8.06. The van der Waals surface area contributed by atoms with Crippen molar-refractivity contribution in [2.24, 2.45) is 5.92 Å². The van der Waals surface area contributed by atoms with Gasteiger partial charge in [-0.05, 0) is 69.0 Å². The first-order valence-corrected chi connectivity index (χ1v) is 8.69. The van der Waals surface area contributed by atoms with Crippen LogP contribution in [0.3, 0.4) is 0 Å². The minimum absolute atomic E-state index is 0.151. The molecule has 1 saturated heterocycles. The third-order valence-corrected chi connectivity index (χ3v) is 5.25. The number of carbonyl (C=O) groups excluding carboxylic acids is 1. The van der Waals surface area contributed by atoms with Gasteiger partial charge in [0.1, 0.15) is 0 Å². The van der Waals surface area contributed by atoms with Crippen molar-refractivity contribution >= 4 is 21.8 Å². The Kier molecular flexibility index (Phi) is 4.65. The Hall–Kier alpha value is -0.870. The number of nitrogens with zero attached hydrogens (tertiary/aromatic N) is 2. The Morgan fingerprint density at radius 3 is 2.48 bits per heavy atom. The average molecular weight is 351 g/mol. The lowest BCUT2D eigenvalue weighted by atomic mass is 10.1. The summed E-state index contributed by atoms with van der Waals surface area (Å²) in [5, 5.41) is 0. The molecule has 1 aromatic rings. The molecule has 3 nitrogen and oxygen atoms in total. The highest BCUT2D eigenvalue weighted by Crippen LogP contribution is 2.36. The molecule has 2 aliphatic rings. The van der Waals surface area contributed by atoms with E-state index in [4.69, 9.17) is 0 Å². The van der Waals surface area contributed by atoms with Gasteiger partial charge in [0.15, 0.2) is 0 Å². The van der Waals surface area contributed by atoms with Crippen LogP contribution in [0.25, 0.3) is 0 Å². The average Bonchev–Trinajstić information content (AvgIpc) is 3.20. The molecule has 0 N–H and O–H groups in total. The molecule has 1 aliphatic heterocycles. The van der Waals surface area contributed by atoms with Gasteiger partial charge in [-0.2, -0.15) is 0 Å². The number of amides is 1. The van der Waals surface area contributed by atoms with E-state index in [-0.39, 0.29) is 5.91 Å². The first kappa shape index (κ1) is 15.0. The lowest BCUT2D eigenvalue weighted by molar-refractivity contribution is 0.0673. The molecular weight excluding hydrogens is 328 g/mol. The van der Waals surface area contributed by atoms with Crippen molar-refractivity contribution in [3.63, 3.8) is 0 Å². The molecule has 1 heterocycles. The van der Waals surface area contributed by atoms with Crippen LogP contribution >= 0.6 is 15.9 Å². The first-order valence-electron chi connectivity index (χ1n) is 7.90. The normalized spacial score (nSPS) is 20.5. The minimum Gasteiger partial charge on any atom is -0.337 e. The van der Waals surface area contributed by atoms with E-state index < -0.39 is 0 Å². The van der Waals surface area contributed by atoms with Crippen LogP contribution in [0.5, 0.6) is 0 Å². The van der Waals surface area contributed by atoms with Gasteiger partial charge in [0.2, 0.25) is 0 Å². The van der Waals surface area contributed by atoms with Gasteiger partial charge in [-0.1, -0.05) is 15.9 Å². The number of hydrogen-bond acceptors (Lipinski definition) is 2. The van der Waals surface area contributed by atoms with E-state index in [1.807, 2.05) is 36.2 Å². The second kappa shape index (κ2) is 6.49. The number of rotatable bonds is 5. The van der Waals surface area contributed by atoms with Gasteiger partial charge in [0, 0.05) is 29.7 Å². The van der Waals surface area contributed by atoms with Crippen molar-refractivity contribution in [2.75, 3.05) is 26.7 Å². The zero-order chi connectivity index (χ0) is 14.8. The first-order chi connectivity index (χ1) is 10.1. The predicted molar refractivity (Wildman–Crippen MR) is 88.4 cm³/mol. The second-order valence-corrected chi connectivity index (χ2v) is 7.25. The standard InChI is InChI=1S/C17H23BrN2O/c1-19(17(21)14-6-8-15(18)9-7-14)16(13-4-5-13)12-20-10-2-3-11-20/h6-9,13,16H,2-5,10-12H2,1H3. The molecule has 1 unspecified atom stereocenters. The summed E-state index contributed by atoms with van der Waals surface area (Å²) in [7, 11) is 1.98. The van der Waals surface area contributed by atoms with E-state index in [1.165, 1.54) is 38.8 Å². The molecule has 3 rings (SSSR count). The van der Waals surface area contributed by atoms with Crippen LogP contribution in [-0.4, -0.2) is 48.4 Å². The molecule has 1 aromatic carbocycles. The highest BCUT2D eigenvalue weighted by atomic mass is 79.9. The zero-order valence-corrected chi connectivity index (χ0v) is 14.2. The Morgan fingerprint density at radius 2 is 1.90 bits per heavy atom. The third kappa shape index (κ3) is 3.67. The molecule has 4 heteroatoms. The minimum atomic E-state index is 0.151. The summed E-state index contributed by atoms with van der Waals surface area (Å²) in [5.41, 5.74) is 0.785. The SMILES string of the molecule is CN(C(=O)c1ccc(Br)cc1)C(CN1CCCC1)C1CC1. The Labute approximate surface area is 135 Å². The number of likely N-dealkylation sites (tertiary alicyclic amines) is 1. The molecule has 1 saturated carbocycles. The van der Waals surface area contributed by atoms with Gasteiger partial charge >= 0.3 is 0 Å². The van der Waals surface area contributed by atoms with Crippen LogP contribution in [0.15, 0.2) is 28.7 Å². The van der Waals surface area contributed by atoms with Gasteiger partial charge < -0.3 is 9.80 Å². The van der Waals surface area contributed by atoms with Crippen molar-refractivity contribution in [1.29, 1.82) is 0 Å². The predicted octanol–water partition coefficient (Wildman–Crippen LogP) is 3.40. The fraction of sp³-hybridized carbons (Fsp3) is 0.588. The molecule has 2 fully saturated rings. The quantitative estimate of drug-likeness (QED) is 0.812. The van der Waals surface area contributed by atoms with Crippen LogP contribution in [0.2, 0.25) is 0 Å². The van der Waals surface area contributed by atoms with Crippen molar-refractivity contribution in [2.45, 2.75) is 31.7 Å². The van der Waals surface area contributed by atoms with E-state index in [9.17, 15) is 4.79 Å². The molecule has 0 aromatic heterocycles. The van der Waals surface area contributed by atoms with Crippen molar-refractivity contribution < 1.29 is 4.79 Å². The van der Waals surface area contributed by atoms with Crippen LogP contribution in [-0.2, 0) is 0 Å². The molecule has 0 spiro atoms. The molecule has 0 radical (unpaired) electrons. The number of carbonyl (C=O) groups is 1. The van der Waals surface area contributed by atoms with Crippen LogP contribution < -0.4 is 0 Å². The van der Waals surface area contributed by atoms with Crippen LogP contribution in [0.4, 0.5) is 0 Å². The summed E-state index contributed by atoms with van der Waals surface area (Å²) in [5.74, 6) is 0.855. The number of halogens is 1. The smallest absolute Gasteiger partial charge is 0.253 e. The number of hydrogen-bond donors (Lipinski definition) is 0. The van der Waals surface area contributed by atoms with Crippen molar-refractivity contribution in [3.05, 3.63) is 34.3 Å². The molecule has 21 heavy (non-hydrogen) atoms. The van der Waals surface area contributed by atoms with Gasteiger partial charge in [0.25, 0.3) is 5.91 Å². The molecule has 1 amide bonds. The fourth-order valence-electron chi connectivity index (χ4n) is 3.25. The maximum absolute atomic E-state index is 12.7. The van der Waals surface area contributed by atoms with Gasteiger partial charge in [-0.25, -0.2) is 0 Å². The van der Waals surface area contributed by atoms with E-state index in [0.717, 1.165) is 16.6 Å². The molecule has 1 atom stereocenters.